The molecule has 112 heavy (non-hydrogen) atoms. The lowest BCUT2D eigenvalue weighted by atomic mass is 9.95. The lowest BCUT2D eigenvalue weighted by Crippen LogP contribution is -2.68. The van der Waals surface area contributed by atoms with Gasteiger partial charge in [0.05, 0.1) is 46.1 Å². The van der Waals surface area contributed by atoms with Gasteiger partial charge in [-0.25, -0.2) is 14.8 Å². The van der Waals surface area contributed by atoms with Crippen molar-refractivity contribution in [3.05, 3.63) is 74.6 Å². The molecule has 28 rings (SSSR count). The fraction of sp³-hybridized carbons (Fsp3) is 0.677. The first-order chi connectivity index (χ1) is 53.6. The number of carbonyl (C=O) groups excluding carboxylic acids is 3. The maximum absolute atomic E-state index is 14.2. The van der Waals surface area contributed by atoms with Gasteiger partial charge in [0.2, 0.25) is 0 Å². The number of aromatic hydroxyl groups is 1. The molecular formula is C65H88N8O37S2. The Hall–Kier alpha value is -6.01. The van der Waals surface area contributed by atoms with Gasteiger partial charge >= 0.3 is 6.03 Å². The minimum atomic E-state index is -2.33. The van der Waals surface area contributed by atoms with E-state index in [1.165, 1.54) is 35.0 Å². The van der Waals surface area contributed by atoms with E-state index in [1.54, 1.807) is 18.2 Å². The minimum Gasteiger partial charge on any atom is -0.508 e. The Bertz CT molecular complexity index is 3720. The number of nitrogens with one attached hydrogen (secondary N) is 6. The second-order valence-electron chi connectivity index (χ2n) is 27.6. The average Bonchev–Trinajstić information content (AvgIpc) is 0.867. The highest BCUT2D eigenvalue weighted by molar-refractivity contribution is 7.10. The second-order valence-corrected chi connectivity index (χ2v) is 29.5. The first kappa shape index (κ1) is 83.9. The number of phenolic OH excluding ortho intramolecular Hbond substituents is 1. The zero-order valence-corrected chi connectivity index (χ0v) is 60.0. The molecule has 14 unspecified atom stereocenters. The molecule has 35 atom stereocenters. The van der Waals surface area contributed by atoms with E-state index in [0.29, 0.717) is 27.1 Å². The summed E-state index contributed by atoms with van der Waals surface area (Å²) in [6.07, 6.45) is -74.1. The molecule has 22 bridgehead atoms. The molecule has 4 aromatic rings. The molecular weight excluding hydrogens is 1550 g/mol. The second kappa shape index (κ2) is 36.2. The molecule has 4 amide bonds. The number of thiazole rings is 2. The van der Waals surface area contributed by atoms with Crippen molar-refractivity contribution in [2.75, 3.05) is 67.4 Å². The number of anilines is 4. The number of phenols is 1. The van der Waals surface area contributed by atoms with E-state index >= 15 is 0 Å². The number of hydrogen-bond donors (Lipinski definition) is 26. The van der Waals surface area contributed by atoms with Crippen LogP contribution >= 0.6 is 22.7 Å². The van der Waals surface area contributed by atoms with Gasteiger partial charge in [-0.1, -0.05) is 0 Å². The highest BCUT2D eigenvalue weighted by atomic mass is 32.1. The van der Waals surface area contributed by atoms with Gasteiger partial charge in [0, 0.05) is 46.6 Å². The van der Waals surface area contributed by atoms with Gasteiger partial charge in [0.1, 0.15) is 198 Å². The summed E-state index contributed by atoms with van der Waals surface area (Å²) in [6, 6.07) is 9.66. The largest absolute Gasteiger partial charge is 0.508 e. The molecule has 45 nitrogen and oxygen atoms in total. The number of nitrogens with zero attached hydrogens (tertiary/aromatic N) is 2. The summed E-state index contributed by atoms with van der Waals surface area (Å²) in [5, 5.41) is 249. The van der Waals surface area contributed by atoms with Gasteiger partial charge < -0.3 is 200 Å². The lowest BCUT2D eigenvalue weighted by Gasteiger charge is -2.50. The van der Waals surface area contributed by atoms with Crippen LogP contribution in [-0.2, 0) is 79.4 Å². The van der Waals surface area contributed by atoms with Crippen LogP contribution in [0.2, 0.25) is 0 Å². The average molecular weight is 1640 g/mol. The number of aliphatic hydroxyl groups excluding tert-OH is 19. The van der Waals surface area contributed by atoms with Gasteiger partial charge in [-0.15, -0.1) is 22.7 Å². The monoisotopic (exact) mass is 1640 g/mol. The maximum Gasteiger partial charge on any atom is 0.323 e. The van der Waals surface area contributed by atoms with Gasteiger partial charge in [-0.05, 0) is 42.5 Å². The molecule has 24 aliphatic rings. The Labute approximate surface area is 640 Å². The zero-order chi connectivity index (χ0) is 79.8. The number of aromatic nitrogens is 2. The highest BCUT2D eigenvalue weighted by Crippen LogP contribution is 2.40. The molecule has 26 heterocycles. The molecule has 2 aromatic heterocycles. The first-order valence-electron chi connectivity index (χ1n) is 35.3. The fourth-order valence-corrected chi connectivity index (χ4v) is 15.5. The minimum absolute atomic E-state index is 0.0542. The van der Waals surface area contributed by atoms with Gasteiger partial charge in [0.25, 0.3) is 11.8 Å². The Balaban J connectivity index is 0.870. The van der Waals surface area contributed by atoms with Crippen LogP contribution in [0.4, 0.5) is 27.5 Å². The van der Waals surface area contributed by atoms with Crippen molar-refractivity contribution in [1.29, 1.82) is 0 Å². The molecule has 0 radical (unpaired) electrons. The SMILES string of the molecule is O=C(Nc1ccc(O)cc1)Nc1cc2cc(c1)NCc1nc(cs1)C(=O)NC[C@H]1O[C@@H]3O[C@H]4C(O)C(O)[C@H](O[C@@H]4CO)O[C@H]4C(O)C(O)[C@H](O[C@@H]4CO)O[C@H]4C(O)C(O)[C@H](O[C@@H]4CO)O[C@H]4C(O)C(O)[C@H](O[C@@H]4CNC(=O)c4csc(n4)CN2)O[C@H]2C(O)C(O)[C@H](O[C@@H]2CO)O[C@H]2C(O)C(O)[C@H](O[C@@H]2CO)O[C@H]1C(O)C3O. The van der Waals surface area contributed by atoms with Gasteiger partial charge in [0.15, 0.2) is 44.0 Å². The summed E-state index contributed by atoms with van der Waals surface area (Å²) in [4.78, 5) is 50.8. The summed E-state index contributed by atoms with van der Waals surface area (Å²) in [5.74, 6) is -1.88. The standard InChI is InChI=1S/C65H88N8O37S2/c74-12-28-51-39(84)46(91)62(101-28)108-53-30(14-76)99-60(44(89)37(53)82)104-49-26-8-68-56(94)24-17-111-33(72-24)10-66-20-5-21(7-22(6-20)71-65(96)70-19-1-3-23(79)4-2-19)67-11-34-73-25(18-112-34)57(95)69-9-27-50(35(80)42(87)58(97-27)106-51)105-61-45(90)38(83)54(31(15-77)100-61)109-64-48(93)41(86)55(32(16-78)103-64)110-63-47(92)40(85)52(29(13-75)102-63)107-59(98-26)43(88)36(49)81/h1-7,17-18,26-32,35-55,58-64,66-67,74-93H,8-16H2,(H,68,94)(H,69,95)(H2,70,71,96)/t26-,27-,28-,29-,30-,31-,32-,35?,36?,37?,38?,39?,40?,41?,42?,43?,44?,45?,46?,47?,48?,49-,50-,51-,52-,53-,54-,55-,58-,59-,60-,61-,62-,63-,64-/m1/s1. The summed E-state index contributed by atoms with van der Waals surface area (Å²) in [5.41, 5.74) is 0.825. The summed E-state index contributed by atoms with van der Waals surface area (Å²) < 4.78 is 83.4. The number of ether oxygens (including phenoxy) is 14. The van der Waals surface area contributed by atoms with Crippen LogP contribution in [0.5, 0.6) is 5.75 Å². The zero-order valence-electron chi connectivity index (χ0n) is 58.4. The number of hydrogen-bond acceptors (Lipinski definition) is 43. The first-order valence-corrected chi connectivity index (χ1v) is 37.1. The normalized spacial score (nSPS) is 42.6. The Kier molecular flexibility index (Phi) is 27.2. The van der Waals surface area contributed by atoms with Crippen molar-refractivity contribution in [2.45, 2.75) is 228 Å². The number of rotatable bonds is 7. The van der Waals surface area contributed by atoms with Crippen LogP contribution in [-0.4, -0.2) is 391 Å². The molecule has 622 valence electrons. The summed E-state index contributed by atoms with van der Waals surface area (Å²) in [7, 11) is 0. The fourth-order valence-electron chi connectivity index (χ4n) is 14.1. The lowest BCUT2D eigenvalue weighted by molar-refractivity contribution is -0.395. The third-order valence-corrected chi connectivity index (χ3v) is 21.8. The van der Waals surface area contributed by atoms with Crippen molar-refractivity contribution in [2.24, 2.45) is 0 Å². The summed E-state index contributed by atoms with van der Waals surface area (Å²) in [6.45, 7) is -7.26. The topological polar surface area (TPSA) is 683 Å². The Morgan fingerprint density at radius 1 is 0.366 bits per heavy atom. The van der Waals surface area contributed by atoms with Crippen molar-refractivity contribution in [1.82, 2.24) is 20.6 Å². The summed E-state index contributed by atoms with van der Waals surface area (Å²) >= 11 is 2.01. The molecule has 0 aliphatic carbocycles. The molecule has 47 heteroatoms. The number of benzene rings is 2. The van der Waals surface area contributed by atoms with E-state index in [-0.39, 0.29) is 35.9 Å². The smallest absolute Gasteiger partial charge is 0.323 e. The molecule has 26 N–H and O–H groups in total. The maximum atomic E-state index is 14.2. The number of amides is 4. The van der Waals surface area contributed by atoms with E-state index in [9.17, 15) is 117 Å². The highest BCUT2D eigenvalue weighted by Gasteiger charge is 2.60. The van der Waals surface area contributed by atoms with Crippen LogP contribution < -0.4 is 31.9 Å². The van der Waals surface area contributed by atoms with Crippen LogP contribution in [0, 0.1) is 0 Å². The molecule has 21 saturated heterocycles. The number of carbonyl (C=O) groups is 3. The number of urea groups is 1. The van der Waals surface area contributed by atoms with Crippen LogP contribution in [0.15, 0.2) is 53.2 Å². The van der Waals surface area contributed by atoms with Gasteiger partial charge in [-0.2, -0.15) is 0 Å². The van der Waals surface area contributed by atoms with E-state index < -0.39 is 279 Å². The van der Waals surface area contributed by atoms with E-state index in [4.69, 9.17) is 66.3 Å². The molecule has 2 aromatic carbocycles. The van der Waals surface area contributed by atoms with Crippen LogP contribution in [0.1, 0.15) is 31.0 Å². The third-order valence-electron chi connectivity index (χ3n) is 20.1. The van der Waals surface area contributed by atoms with Crippen molar-refractivity contribution in [3.63, 3.8) is 0 Å². The van der Waals surface area contributed by atoms with Crippen LogP contribution in [0.3, 0.4) is 0 Å². The van der Waals surface area contributed by atoms with E-state index in [1.807, 2.05) is 0 Å². The van der Waals surface area contributed by atoms with Crippen molar-refractivity contribution >= 4 is 63.3 Å². The molecule has 0 saturated carbocycles. The molecule has 0 spiro atoms. The van der Waals surface area contributed by atoms with E-state index in [0.717, 1.165) is 22.7 Å². The Morgan fingerprint density at radius 3 is 0.946 bits per heavy atom. The number of aliphatic hydroxyl groups is 19. The van der Waals surface area contributed by atoms with Crippen LogP contribution in [0.25, 0.3) is 0 Å². The van der Waals surface area contributed by atoms with Crippen molar-refractivity contribution < 1.29 is 183 Å². The molecule has 24 aliphatic heterocycles. The molecule has 21 fully saturated rings. The van der Waals surface area contributed by atoms with Gasteiger partial charge in [-0.3, -0.25) is 9.59 Å². The predicted octanol–water partition coefficient (Wildman–Crippen LogP) is -10.6. The Morgan fingerprint density at radius 2 is 0.643 bits per heavy atom. The van der Waals surface area contributed by atoms with E-state index in [2.05, 4.69) is 41.9 Å². The quantitative estimate of drug-likeness (QED) is 0.0764. The third kappa shape index (κ3) is 17.9. The van der Waals surface area contributed by atoms with Crippen molar-refractivity contribution in [3.8, 4) is 5.75 Å². The predicted molar refractivity (Wildman–Crippen MR) is 365 cm³/mol.